The molecule has 3 aromatic rings. The molecular formula is C24H24N2O4. The molecular weight excluding hydrogens is 380 g/mol. The molecule has 0 fully saturated rings. The van der Waals surface area contributed by atoms with E-state index < -0.39 is 0 Å². The van der Waals surface area contributed by atoms with Crippen molar-refractivity contribution in [3.05, 3.63) is 83.8 Å². The minimum Gasteiger partial charge on any atom is -0.497 e. The molecule has 0 aliphatic carbocycles. The molecule has 154 valence electrons. The van der Waals surface area contributed by atoms with E-state index in [9.17, 15) is 4.79 Å². The summed E-state index contributed by atoms with van der Waals surface area (Å²) in [5.74, 6) is 1.93. The molecule has 1 atom stereocenters. The zero-order chi connectivity index (χ0) is 20.9. The molecule has 2 heterocycles. The Labute approximate surface area is 175 Å². The van der Waals surface area contributed by atoms with E-state index in [-0.39, 0.29) is 18.6 Å². The van der Waals surface area contributed by atoms with Crippen molar-refractivity contribution in [1.29, 1.82) is 0 Å². The third-order valence-corrected chi connectivity index (χ3v) is 5.13. The van der Waals surface area contributed by atoms with E-state index in [1.165, 1.54) is 5.01 Å². The molecule has 0 bridgehead atoms. The van der Waals surface area contributed by atoms with Gasteiger partial charge in [-0.25, -0.2) is 5.01 Å². The van der Waals surface area contributed by atoms with Crippen LogP contribution in [-0.2, 0) is 11.2 Å². The third-order valence-electron chi connectivity index (χ3n) is 5.13. The maximum absolute atomic E-state index is 13.0. The summed E-state index contributed by atoms with van der Waals surface area (Å²) in [6.07, 6.45) is 3.08. The van der Waals surface area contributed by atoms with E-state index >= 15 is 0 Å². The highest BCUT2D eigenvalue weighted by atomic mass is 16.5. The van der Waals surface area contributed by atoms with Gasteiger partial charge in [0.05, 0.1) is 19.1 Å². The molecule has 1 aliphatic rings. The number of hydrogen-bond donors (Lipinski definition) is 0. The average Bonchev–Trinajstić information content (AvgIpc) is 3.47. The van der Waals surface area contributed by atoms with Crippen LogP contribution in [0.1, 0.15) is 36.3 Å². The van der Waals surface area contributed by atoms with Crippen LogP contribution in [0.25, 0.3) is 0 Å². The fourth-order valence-electron chi connectivity index (χ4n) is 3.47. The van der Waals surface area contributed by atoms with Crippen LogP contribution >= 0.6 is 0 Å². The number of carbonyl (C=O) groups excluding carboxylic acids is 1. The third kappa shape index (κ3) is 4.22. The Bertz CT molecular complexity index is 1030. The van der Waals surface area contributed by atoms with Crippen molar-refractivity contribution in [3.63, 3.8) is 0 Å². The smallest absolute Gasteiger partial charge is 0.281 e. The van der Waals surface area contributed by atoms with Gasteiger partial charge >= 0.3 is 0 Å². The summed E-state index contributed by atoms with van der Waals surface area (Å²) < 4.78 is 16.6. The molecule has 30 heavy (non-hydrogen) atoms. The number of hydrazone groups is 1. The summed E-state index contributed by atoms with van der Waals surface area (Å²) in [5, 5.41) is 6.09. The summed E-state index contributed by atoms with van der Waals surface area (Å²) >= 11 is 0. The van der Waals surface area contributed by atoms with Crippen LogP contribution in [-0.4, -0.2) is 30.3 Å². The normalized spacial score (nSPS) is 15.7. The van der Waals surface area contributed by atoms with Crippen LogP contribution in [0.5, 0.6) is 11.5 Å². The van der Waals surface area contributed by atoms with E-state index in [0.29, 0.717) is 17.9 Å². The molecule has 0 spiro atoms. The van der Waals surface area contributed by atoms with Gasteiger partial charge in [-0.1, -0.05) is 19.1 Å². The summed E-state index contributed by atoms with van der Waals surface area (Å²) in [6.45, 7) is 1.99. The summed E-state index contributed by atoms with van der Waals surface area (Å²) in [7, 11) is 1.63. The average molecular weight is 404 g/mol. The number of furan rings is 1. The lowest BCUT2D eigenvalue weighted by atomic mass is 10.0. The molecule has 2 aromatic carbocycles. The van der Waals surface area contributed by atoms with Crippen molar-refractivity contribution in [1.82, 2.24) is 5.01 Å². The lowest BCUT2D eigenvalue weighted by molar-refractivity contribution is -0.135. The fraction of sp³-hybridized carbons (Fsp3) is 0.250. The first kappa shape index (κ1) is 19.8. The number of rotatable bonds is 7. The number of nitrogens with zero attached hydrogens (tertiary/aromatic N) is 2. The molecule has 6 nitrogen and oxygen atoms in total. The van der Waals surface area contributed by atoms with Crippen LogP contribution < -0.4 is 9.47 Å². The predicted molar refractivity (Wildman–Crippen MR) is 114 cm³/mol. The Morgan fingerprint density at radius 3 is 2.67 bits per heavy atom. The van der Waals surface area contributed by atoms with Crippen molar-refractivity contribution < 1.29 is 18.7 Å². The number of ether oxygens (including phenoxy) is 2. The van der Waals surface area contributed by atoms with Crippen LogP contribution in [0.3, 0.4) is 0 Å². The number of benzene rings is 2. The molecule has 0 unspecified atom stereocenters. The number of hydrogen-bond acceptors (Lipinski definition) is 5. The summed E-state index contributed by atoms with van der Waals surface area (Å²) in [6, 6.07) is 18.8. The molecule has 1 aromatic heterocycles. The van der Waals surface area contributed by atoms with Crippen LogP contribution in [0.4, 0.5) is 0 Å². The number of aryl methyl sites for hydroxylation is 1. The van der Waals surface area contributed by atoms with Crippen LogP contribution in [0, 0.1) is 0 Å². The van der Waals surface area contributed by atoms with Gasteiger partial charge in [0.2, 0.25) is 0 Å². The first-order valence-electron chi connectivity index (χ1n) is 9.97. The van der Waals surface area contributed by atoms with Gasteiger partial charge in [-0.15, -0.1) is 0 Å². The van der Waals surface area contributed by atoms with Gasteiger partial charge in [-0.3, -0.25) is 4.79 Å². The molecule has 0 N–H and O–H groups in total. The SMILES string of the molecule is CCc1cccc(OCC(=O)N2N=C(c3ccc(OC)cc3)C[C@H]2c2ccco2)c1. The number of amides is 1. The topological polar surface area (TPSA) is 64.3 Å². The van der Waals surface area contributed by atoms with E-state index in [2.05, 4.69) is 12.0 Å². The highest BCUT2D eigenvalue weighted by Gasteiger charge is 2.35. The largest absolute Gasteiger partial charge is 0.497 e. The number of methoxy groups -OCH3 is 1. The van der Waals surface area contributed by atoms with Gasteiger partial charge < -0.3 is 13.9 Å². The Hall–Kier alpha value is -3.54. The first-order valence-corrected chi connectivity index (χ1v) is 9.97. The van der Waals surface area contributed by atoms with Crippen molar-refractivity contribution in [2.75, 3.05) is 13.7 Å². The fourth-order valence-corrected chi connectivity index (χ4v) is 3.47. The van der Waals surface area contributed by atoms with E-state index in [0.717, 1.165) is 29.0 Å². The van der Waals surface area contributed by atoms with Gasteiger partial charge in [0.25, 0.3) is 5.91 Å². The van der Waals surface area contributed by atoms with E-state index in [4.69, 9.17) is 13.9 Å². The Morgan fingerprint density at radius 1 is 1.13 bits per heavy atom. The van der Waals surface area contributed by atoms with E-state index in [1.54, 1.807) is 13.4 Å². The standard InChI is InChI=1S/C24H24N2O4/c1-3-17-6-4-7-20(14-17)30-16-24(27)26-22(23-8-5-13-29-23)15-21(25-26)18-9-11-19(28-2)12-10-18/h4-14,22H,3,15-16H2,1-2H3/t22-/m0/s1. The lowest BCUT2D eigenvalue weighted by Gasteiger charge is -2.20. The molecule has 0 saturated carbocycles. The highest BCUT2D eigenvalue weighted by molar-refractivity contribution is 6.03. The second-order valence-corrected chi connectivity index (χ2v) is 7.04. The molecule has 0 saturated heterocycles. The Morgan fingerprint density at radius 2 is 1.97 bits per heavy atom. The van der Waals surface area contributed by atoms with Gasteiger partial charge in [0.15, 0.2) is 6.61 Å². The molecule has 1 aliphatic heterocycles. The second kappa shape index (κ2) is 8.86. The van der Waals surface area contributed by atoms with Crippen LogP contribution in [0.2, 0.25) is 0 Å². The monoisotopic (exact) mass is 404 g/mol. The van der Waals surface area contributed by atoms with Crippen molar-refractivity contribution in [2.45, 2.75) is 25.8 Å². The van der Waals surface area contributed by atoms with Gasteiger partial charge in [-0.05, 0) is 66.1 Å². The predicted octanol–water partition coefficient (Wildman–Crippen LogP) is 4.61. The first-order chi connectivity index (χ1) is 14.7. The lowest BCUT2D eigenvalue weighted by Crippen LogP contribution is -2.31. The molecule has 6 heteroatoms. The molecule has 4 rings (SSSR count). The summed E-state index contributed by atoms with van der Waals surface area (Å²) in [4.78, 5) is 13.0. The maximum atomic E-state index is 13.0. The molecule has 1 amide bonds. The van der Waals surface area contributed by atoms with Gasteiger partial charge in [0, 0.05) is 6.42 Å². The van der Waals surface area contributed by atoms with Gasteiger partial charge in [-0.2, -0.15) is 5.10 Å². The highest BCUT2D eigenvalue weighted by Crippen LogP contribution is 2.33. The molecule has 0 radical (unpaired) electrons. The van der Waals surface area contributed by atoms with Crippen LogP contribution in [0.15, 0.2) is 76.4 Å². The Balaban J connectivity index is 1.53. The summed E-state index contributed by atoms with van der Waals surface area (Å²) in [5.41, 5.74) is 2.93. The van der Waals surface area contributed by atoms with Crippen molar-refractivity contribution in [3.8, 4) is 11.5 Å². The maximum Gasteiger partial charge on any atom is 0.281 e. The quantitative estimate of drug-likeness (QED) is 0.577. The number of carbonyl (C=O) groups is 1. The minimum atomic E-state index is -0.296. The zero-order valence-corrected chi connectivity index (χ0v) is 17.1. The van der Waals surface area contributed by atoms with Crippen molar-refractivity contribution in [2.24, 2.45) is 5.10 Å². The Kier molecular flexibility index (Phi) is 5.84. The van der Waals surface area contributed by atoms with Crippen molar-refractivity contribution >= 4 is 11.6 Å². The second-order valence-electron chi connectivity index (χ2n) is 7.04. The van der Waals surface area contributed by atoms with Gasteiger partial charge in [0.1, 0.15) is 23.3 Å². The van der Waals surface area contributed by atoms with E-state index in [1.807, 2.05) is 60.7 Å². The minimum absolute atomic E-state index is 0.0935. The zero-order valence-electron chi connectivity index (χ0n) is 17.1.